The Balaban J connectivity index is 1.83. The van der Waals surface area contributed by atoms with Crippen molar-refractivity contribution >= 4 is 25.1 Å². The molecule has 152 valence electrons. The highest BCUT2D eigenvalue weighted by atomic mass is 31.2. The highest BCUT2D eigenvalue weighted by Crippen LogP contribution is 2.31. The van der Waals surface area contributed by atoms with E-state index < -0.39 is 19.5 Å². The molecule has 0 saturated carbocycles. The predicted molar refractivity (Wildman–Crippen MR) is 102 cm³/mol. The molecule has 0 saturated heterocycles. The van der Waals surface area contributed by atoms with Crippen LogP contribution >= 0.6 is 7.60 Å². The normalized spacial score (nSPS) is 15.8. The number of methoxy groups -OCH3 is 1. The molecule has 0 heterocycles. The summed E-state index contributed by atoms with van der Waals surface area (Å²) in [4.78, 5) is 49.2. The molecule has 0 radical (unpaired) electrons. The lowest BCUT2D eigenvalue weighted by Gasteiger charge is -2.23. The van der Waals surface area contributed by atoms with Crippen LogP contribution in [0.25, 0.3) is 0 Å². The molecule has 9 heteroatoms. The molecular weight excluding hydrogens is 397 g/mol. The van der Waals surface area contributed by atoms with E-state index >= 15 is 0 Å². The SMILES string of the molecule is COC[C@@H](COP(C)(=O)[O-])NC(=O)c1ccc2c(c1)C(=O)c1ccccc1C2=O. The van der Waals surface area contributed by atoms with E-state index in [1.807, 2.05) is 0 Å². The lowest BCUT2D eigenvalue weighted by Crippen LogP contribution is -2.41. The van der Waals surface area contributed by atoms with Crippen molar-refractivity contribution < 1.29 is 33.1 Å². The Morgan fingerprint density at radius 2 is 1.62 bits per heavy atom. The predicted octanol–water partition coefficient (Wildman–Crippen LogP) is 1.41. The van der Waals surface area contributed by atoms with Crippen molar-refractivity contribution in [1.82, 2.24) is 5.32 Å². The lowest BCUT2D eigenvalue weighted by molar-refractivity contribution is -0.197. The standard InChI is InChI=1S/C20H20NO7P/c1-27-10-13(11-28-29(2,25)26)21-20(24)12-7-8-16-17(9-12)19(23)15-6-4-3-5-14(15)18(16)22/h3-9,13H,10-11H2,1-2H3,(H,21,24)(H,25,26)/p-1/t13-/m0/s1. The van der Waals surface area contributed by atoms with Crippen molar-refractivity contribution in [3.63, 3.8) is 0 Å². The van der Waals surface area contributed by atoms with Gasteiger partial charge in [-0.1, -0.05) is 24.3 Å². The van der Waals surface area contributed by atoms with Gasteiger partial charge in [-0.2, -0.15) is 0 Å². The molecule has 0 fully saturated rings. The number of rotatable bonds is 7. The first-order valence-corrected chi connectivity index (χ1v) is 10.8. The number of hydrogen-bond donors (Lipinski definition) is 1. The Bertz CT molecular complexity index is 1030. The first-order chi connectivity index (χ1) is 13.7. The largest absolute Gasteiger partial charge is 0.779 e. The Kier molecular flexibility index (Phi) is 6.10. The minimum Gasteiger partial charge on any atom is -0.779 e. The number of nitrogens with one attached hydrogen (secondary N) is 1. The summed E-state index contributed by atoms with van der Waals surface area (Å²) in [6, 6.07) is 10.1. The third-order valence-corrected chi connectivity index (χ3v) is 5.02. The number of ketones is 2. The summed E-state index contributed by atoms with van der Waals surface area (Å²) in [5, 5.41) is 2.61. The zero-order valence-electron chi connectivity index (χ0n) is 15.8. The van der Waals surface area contributed by atoms with Gasteiger partial charge in [-0.3, -0.25) is 14.4 Å². The van der Waals surface area contributed by atoms with Crippen LogP contribution in [0.15, 0.2) is 42.5 Å². The average molecular weight is 416 g/mol. The first-order valence-electron chi connectivity index (χ1n) is 8.76. The van der Waals surface area contributed by atoms with Crippen LogP contribution in [0.1, 0.15) is 42.2 Å². The summed E-state index contributed by atoms with van der Waals surface area (Å²) < 4.78 is 20.9. The van der Waals surface area contributed by atoms with E-state index in [4.69, 9.17) is 9.26 Å². The average Bonchev–Trinajstić information content (AvgIpc) is 2.69. The number of carbonyl (C=O) groups excluding carboxylic acids is 3. The molecule has 3 rings (SSSR count). The van der Waals surface area contributed by atoms with Crippen molar-refractivity contribution in [1.29, 1.82) is 0 Å². The summed E-state index contributed by atoms with van der Waals surface area (Å²) in [5.74, 6) is -1.16. The molecule has 8 nitrogen and oxygen atoms in total. The third kappa shape index (κ3) is 4.68. The van der Waals surface area contributed by atoms with Crippen molar-refractivity contribution in [2.24, 2.45) is 0 Å². The Labute approximate surface area is 167 Å². The maximum Gasteiger partial charge on any atom is 0.251 e. The van der Waals surface area contributed by atoms with Gasteiger partial charge in [-0.05, 0) is 18.2 Å². The van der Waals surface area contributed by atoms with Crippen LogP contribution in [0.2, 0.25) is 0 Å². The van der Waals surface area contributed by atoms with Crippen molar-refractivity contribution in [3.05, 3.63) is 70.3 Å². The maximum absolute atomic E-state index is 12.8. The topological polar surface area (TPSA) is 122 Å². The second kappa shape index (κ2) is 8.39. The van der Waals surface area contributed by atoms with Crippen LogP contribution in [0, 0.1) is 0 Å². The van der Waals surface area contributed by atoms with E-state index in [0.29, 0.717) is 11.1 Å². The fraction of sp³-hybridized carbons (Fsp3) is 0.250. The number of hydrogen-bond acceptors (Lipinski definition) is 7. The van der Waals surface area contributed by atoms with Gasteiger partial charge in [-0.15, -0.1) is 0 Å². The van der Waals surface area contributed by atoms with E-state index in [9.17, 15) is 23.8 Å². The molecule has 0 spiro atoms. The monoisotopic (exact) mass is 416 g/mol. The number of benzene rings is 2. The maximum atomic E-state index is 12.8. The van der Waals surface area contributed by atoms with Crippen LogP contribution in [0.4, 0.5) is 0 Å². The van der Waals surface area contributed by atoms with Gasteiger partial charge in [0, 0.05) is 41.6 Å². The van der Waals surface area contributed by atoms with Crippen molar-refractivity contribution in [2.75, 3.05) is 27.0 Å². The molecule has 1 amide bonds. The molecule has 29 heavy (non-hydrogen) atoms. The van der Waals surface area contributed by atoms with Gasteiger partial charge in [0.15, 0.2) is 11.6 Å². The molecule has 1 aliphatic rings. The van der Waals surface area contributed by atoms with Gasteiger partial charge in [0.2, 0.25) is 0 Å². The molecule has 0 aliphatic heterocycles. The number of amides is 1. The van der Waals surface area contributed by atoms with Crippen molar-refractivity contribution in [2.45, 2.75) is 6.04 Å². The minimum absolute atomic E-state index is 0.0292. The van der Waals surface area contributed by atoms with Gasteiger partial charge in [-0.25, -0.2) is 0 Å². The van der Waals surface area contributed by atoms with E-state index in [1.165, 1.54) is 25.3 Å². The highest BCUT2D eigenvalue weighted by molar-refractivity contribution is 7.50. The molecule has 2 aromatic carbocycles. The van der Waals surface area contributed by atoms with E-state index in [2.05, 4.69) is 5.32 Å². The molecule has 2 aromatic rings. The quantitative estimate of drug-likeness (QED) is 0.578. The first kappa shape index (κ1) is 21.1. The van der Waals surface area contributed by atoms with Crippen LogP contribution in [-0.4, -0.2) is 50.5 Å². The molecule has 2 atom stereocenters. The Morgan fingerprint density at radius 3 is 2.21 bits per heavy atom. The lowest BCUT2D eigenvalue weighted by atomic mass is 9.83. The Morgan fingerprint density at radius 1 is 1.03 bits per heavy atom. The highest BCUT2D eigenvalue weighted by Gasteiger charge is 2.30. The molecule has 0 aromatic heterocycles. The van der Waals surface area contributed by atoms with Gasteiger partial charge in [0.05, 0.1) is 19.3 Å². The van der Waals surface area contributed by atoms with Crippen LogP contribution < -0.4 is 10.2 Å². The van der Waals surface area contributed by atoms with Gasteiger partial charge in [0.25, 0.3) is 5.91 Å². The fourth-order valence-corrected chi connectivity index (χ4v) is 3.52. The summed E-state index contributed by atoms with van der Waals surface area (Å²) in [7, 11) is -2.55. The number of fused-ring (bicyclic) bond motifs is 2. The summed E-state index contributed by atoms with van der Waals surface area (Å²) in [6.45, 7) is 0.677. The Hall–Kier alpha value is -2.64. The second-order valence-electron chi connectivity index (χ2n) is 6.66. The van der Waals surface area contributed by atoms with E-state index in [1.54, 1.807) is 24.3 Å². The number of carbonyl (C=O) groups is 3. The van der Waals surface area contributed by atoms with Gasteiger partial charge < -0.3 is 24.0 Å². The zero-order valence-corrected chi connectivity index (χ0v) is 16.7. The molecule has 1 N–H and O–H groups in total. The third-order valence-electron chi connectivity index (χ3n) is 4.40. The fourth-order valence-electron chi connectivity index (χ4n) is 3.07. The molecule has 1 aliphatic carbocycles. The molecular formula is C20H19NO7P-. The summed E-state index contributed by atoms with van der Waals surface area (Å²) >= 11 is 0. The smallest absolute Gasteiger partial charge is 0.251 e. The zero-order chi connectivity index (χ0) is 21.2. The number of ether oxygens (including phenoxy) is 1. The summed E-state index contributed by atoms with van der Waals surface area (Å²) in [6.07, 6.45) is 0. The van der Waals surface area contributed by atoms with E-state index in [0.717, 1.165) is 6.66 Å². The minimum atomic E-state index is -3.96. The van der Waals surface area contributed by atoms with Crippen molar-refractivity contribution in [3.8, 4) is 0 Å². The van der Waals surface area contributed by atoms with Gasteiger partial charge >= 0.3 is 0 Å². The summed E-state index contributed by atoms with van der Waals surface area (Å²) in [5.41, 5.74) is 1.18. The molecule has 0 bridgehead atoms. The second-order valence-corrected chi connectivity index (χ2v) is 8.46. The van der Waals surface area contributed by atoms with E-state index in [-0.39, 0.29) is 41.5 Å². The van der Waals surface area contributed by atoms with Crippen LogP contribution in [-0.2, 0) is 13.8 Å². The molecule has 1 unspecified atom stereocenters. The van der Waals surface area contributed by atoms with Gasteiger partial charge in [0.1, 0.15) is 7.60 Å². The van der Waals surface area contributed by atoms with Crippen LogP contribution in [0.5, 0.6) is 0 Å². The van der Waals surface area contributed by atoms with Crippen LogP contribution in [0.3, 0.4) is 0 Å².